The molecule has 0 aliphatic carbocycles. The second-order valence-corrected chi connectivity index (χ2v) is 5.94. The maximum Gasteiger partial charge on any atom is 0.220 e. The lowest BCUT2D eigenvalue weighted by Crippen LogP contribution is -2.24. The number of carbonyl (C=O) groups is 1. The molecular formula is C22H36ClNO. The Kier molecular flexibility index (Phi) is 14.2. The van der Waals surface area contributed by atoms with E-state index in [1.54, 1.807) is 0 Å². The Morgan fingerprint density at radius 2 is 1.40 bits per heavy atom. The number of halogens is 1. The van der Waals surface area contributed by atoms with Crippen molar-refractivity contribution in [2.24, 2.45) is 0 Å². The van der Waals surface area contributed by atoms with E-state index in [1.807, 2.05) is 17.5 Å². The van der Waals surface area contributed by atoms with Crippen molar-refractivity contribution in [2.45, 2.75) is 71.1 Å². The third-order valence-electron chi connectivity index (χ3n) is 3.48. The van der Waals surface area contributed by atoms with E-state index in [0.717, 1.165) is 19.3 Å². The van der Waals surface area contributed by atoms with Gasteiger partial charge in [-0.25, -0.2) is 0 Å². The van der Waals surface area contributed by atoms with Crippen LogP contribution in [0.1, 0.15) is 76.6 Å². The van der Waals surface area contributed by atoms with Crippen LogP contribution >= 0.6 is 11.6 Å². The Morgan fingerprint density at radius 1 is 0.880 bits per heavy atom. The monoisotopic (exact) mass is 369 g/mol. The molecule has 2 nitrogen and oxygen atoms in total. The molecule has 0 saturated heterocycles. The number of allylic oxidation sites excluding steroid dienone is 8. The molecule has 0 aliphatic heterocycles. The highest BCUT2D eigenvalue weighted by Crippen LogP contribution is 2.01. The highest BCUT2D eigenvalue weighted by Gasteiger charge is 1.97. The number of hydrogen-bond acceptors (Lipinski definition) is 1. The first-order valence-electron chi connectivity index (χ1n) is 11.3. The van der Waals surface area contributed by atoms with Gasteiger partial charge < -0.3 is 5.32 Å². The van der Waals surface area contributed by atoms with Crippen LogP contribution < -0.4 is 5.32 Å². The van der Waals surface area contributed by atoms with E-state index in [2.05, 4.69) is 43.4 Å². The summed E-state index contributed by atoms with van der Waals surface area (Å²) in [5.74, 6) is -3.19. The minimum Gasteiger partial charge on any atom is -0.355 e. The lowest BCUT2D eigenvalue weighted by molar-refractivity contribution is -0.121. The normalized spacial score (nSPS) is 15.8. The summed E-state index contributed by atoms with van der Waals surface area (Å²) >= 11 is 5.30. The van der Waals surface area contributed by atoms with Crippen LogP contribution in [0.25, 0.3) is 0 Å². The molecule has 0 fully saturated rings. The quantitative estimate of drug-likeness (QED) is 0.188. The summed E-state index contributed by atoms with van der Waals surface area (Å²) in [4.78, 5) is 11.6. The van der Waals surface area contributed by atoms with Gasteiger partial charge in [0.2, 0.25) is 5.91 Å². The molecule has 0 aromatic heterocycles. The molecule has 3 heteroatoms. The van der Waals surface area contributed by atoms with E-state index in [-0.39, 0.29) is 6.42 Å². The van der Waals surface area contributed by atoms with Gasteiger partial charge >= 0.3 is 0 Å². The second-order valence-electron chi connectivity index (χ2n) is 5.75. The van der Waals surface area contributed by atoms with Crippen LogP contribution in [0.5, 0.6) is 0 Å². The number of hydrogen-bond donors (Lipinski definition) is 1. The van der Waals surface area contributed by atoms with Crippen molar-refractivity contribution >= 4 is 17.5 Å². The smallest absolute Gasteiger partial charge is 0.220 e. The molecule has 0 radical (unpaired) electrons. The van der Waals surface area contributed by atoms with Gasteiger partial charge in [-0.05, 0) is 44.9 Å². The van der Waals surface area contributed by atoms with Crippen molar-refractivity contribution in [1.82, 2.24) is 5.32 Å². The fourth-order valence-electron chi connectivity index (χ4n) is 2.10. The number of unbranched alkanes of at least 4 members (excludes halogenated alkanes) is 4. The van der Waals surface area contributed by atoms with Gasteiger partial charge in [-0.3, -0.25) is 4.79 Å². The number of nitrogens with one attached hydrogen (secondary N) is 1. The number of carbonyl (C=O) groups excluding carboxylic acids is 1. The highest BCUT2D eigenvalue weighted by molar-refractivity contribution is 6.18. The molecule has 142 valence electrons. The molecule has 0 aromatic rings. The summed E-state index contributed by atoms with van der Waals surface area (Å²) in [5.41, 5.74) is 0. The van der Waals surface area contributed by atoms with Crippen molar-refractivity contribution in [3.63, 3.8) is 0 Å². The SMILES string of the molecule is [2H]C([2H])(Cl)C([2H])([2H])NC(=O)CCC/C=C\C/C=C\C/C=C\C/C=C\CCCCC. The third-order valence-corrected chi connectivity index (χ3v) is 3.58. The Morgan fingerprint density at radius 3 is 1.92 bits per heavy atom. The maximum atomic E-state index is 11.6. The van der Waals surface area contributed by atoms with Crippen LogP contribution in [0.2, 0.25) is 0 Å². The molecule has 0 bridgehead atoms. The molecule has 0 aliphatic rings. The van der Waals surface area contributed by atoms with Gasteiger partial charge in [0.1, 0.15) is 0 Å². The average Bonchev–Trinajstić information content (AvgIpc) is 2.63. The summed E-state index contributed by atoms with van der Waals surface area (Å²) in [6.07, 6.45) is 26.3. The van der Waals surface area contributed by atoms with Crippen LogP contribution in [-0.2, 0) is 4.79 Å². The van der Waals surface area contributed by atoms with Crippen LogP contribution in [0.4, 0.5) is 0 Å². The number of alkyl halides is 1. The number of rotatable bonds is 16. The first-order chi connectivity index (χ1) is 13.7. The Hall–Kier alpha value is -1.28. The molecule has 1 amide bonds. The topological polar surface area (TPSA) is 29.1 Å². The van der Waals surface area contributed by atoms with Crippen LogP contribution in [-0.4, -0.2) is 18.2 Å². The highest BCUT2D eigenvalue weighted by atomic mass is 35.5. The van der Waals surface area contributed by atoms with Crippen molar-refractivity contribution in [3.05, 3.63) is 48.6 Å². The van der Waals surface area contributed by atoms with Gasteiger partial charge in [0, 0.05) is 21.5 Å². The Bertz CT molecular complexity index is 552. The fraction of sp³-hybridized carbons (Fsp3) is 0.591. The van der Waals surface area contributed by atoms with Crippen LogP contribution in [0.3, 0.4) is 0 Å². The van der Waals surface area contributed by atoms with Gasteiger partial charge in [0.05, 0.1) is 2.74 Å². The molecule has 0 atom stereocenters. The lowest BCUT2D eigenvalue weighted by Gasteiger charge is -2.00. The molecule has 0 spiro atoms. The van der Waals surface area contributed by atoms with E-state index in [1.165, 1.54) is 25.7 Å². The minimum atomic E-state index is -2.64. The van der Waals surface area contributed by atoms with Gasteiger partial charge in [0.15, 0.2) is 0 Å². The first-order valence-corrected chi connectivity index (χ1v) is 9.68. The molecular weight excluding hydrogens is 330 g/mol. The molecule has 25 heavy (non-hydrogen) atoms. The summed E-state index contributed by atoms with van der Waals surface area (Å²) in [6.45, 7) is -0.375. The Balaban J connectivity index is 3.71. The molecule has 0 saturated carbocycles. The van der Waals surface area contributed by atoms with Gasteiger partial charge in [-0.15, -0.1) is 11.6 Å². The van der Waals surface area contributed by atoms with Gasteiger partial charge in [-0.2, -0.15) is 0 Å². The zero-order chi connectivity index (χ0) is 22.0. The van der Waals surface area contributed by atoms with E-state index in [4.69, 9.17) is 17.1 Å². The standard InChI is InChI=1S/C22H36ClNO/c1-2-3-4-5-6-7-8-9-10-11-12-13-14-15-16-17-18-19-22(25)24-21-20-23/h6-7,9-10,12-13,15-16H,2-5,8,11,14,17-21H2,1H3,(H,24,25)/b7-6-,10-9-,13-12-,16-15-/i20D2,21D2. The average molecular weight is 370 g/mol. The molecule has 0 rings (SSSR count). The predicted octanol–water partition coefficient (Wildman–Crippen LogP) is 6.49. The summed E-state index contributed by atoms with van der Waals surface area (Å²) in [5, 5.41) is 1.99. The predicted molar refractivity (Wildman–Crippen MR) is 112 cm³/mol. The lowest BCUT2D eigenvalue weighted by atomic mass is 10.2. The van der Waals surface area contributed by atoms with Crippen LogP contribution in [0, 0.1) is 0 Å². The summed E-state index contributed by atoms with van der Waals surface area (Å²) < 4.78 is 29.1. The second kappa shape index (κ2) is 20.8. The fourth-order valence-corrected chi connectivity index (χ4v) is 2.14. The first kappa shape index (κ1) is 17.1. The van der Waals surface area contributed by atoms with E-state index in [0.29, 0.717) is 12.8 Å². The molecule has 0 unspecified atom stereocenters. The molecule has 0 aromatic carbocycles. The van der Waals surface area contributed by atoms with Gasteiger partial charge in [0.25, 0.3) is 0 Å². The summed E-state index contributed by atoms with van der Waals surface area (Å²) in [7, 11) is 0. The molecule has 0 heterocycles. The largest absolute Gasteiger partial charge is 0.355 e. The van der Waals surface area contributed by atoms with E-state index in [9.17, 15) is 4.79 Å². The number of amides is 1. The summed E-state index contributed by atoms with van der Waals surface area (Å²) in [6, 6.07) is 0. The van der Waals surface area contributed by atoms with Crippen LogP contribution in [0.15, 0.2) is 48.6 Å². The third kappa shape index (κ3) is 20.7. The van der Waals surface area contributed by atoms with Crippen molar-refractivity contribution in [3.8, 4) is 0 Å². The Labute approximate surface area is 165 Å². The van der Waals surface area contributed by atoms with Crippen molar-refractivity contribution < 1.29 is 10.3 Å². The van der Waals surface area contributed by atoms with E-state index < -0.39 is 18.2 Å². The molecule has 1 N–H and O–H groups in total. The zero-order valence-corrected chi connectivity index (χ0v) is 16.2. The van der Waals surface area contributed by atoms with E-state index >= 15 is 0 Å². The maximum absolute atomic E-state index is 11.6. The van der Waals surface area contributed by atoms with Crippen molar-refractivity contribution in [1.29, 1.82) is 0 Å². The zero-order valence-electron chi connectivity index (χ0n) is 19.5. The minimum absolute atomic E-state index is 0.129. The van der Waals surface area contributed by atoms with Gasteiger partial charge in [-0.1, -0.05) is 68.4 Å². The van der Waals surface area contributed by atoms with Crippen molar-refractivity contribution in [2.75, 3.05) is 12.3 Å².